The van der Waals surface area contributed by atoms with E-state index in [2.05, 4.69) is 35.5 Å². The first kappa shape index (κ1) is 24.9. The largest absolute Gasteiger partial charge is 0.348 e. The molecule has 5 heterocycles. The van der Waals surface area contributed by atoms with Gasteiger partial charge in [-0.1, -0.05) is 18.2 Å². The Morgan fingerprint density at radius 1 is 1.05 bits per heavy atom. The Kier molecular flexibility index (Phi) is 7.85. The maximum absolute atomic E-state index is 12.4. The van der Waals surface area contributed by atoms with Gasteiger partial charge in [0.2, 0.25) is 5.12 Å². The number of thioether (sulfide) groups is 1. The number of carbonyl (C=O) groups is 2. The predicted molar refractivity (Wildman–Crippen MR) is 146 cm³/mol. The number of amides is 1. The Hall–Kier alpha value is -4.77. The lowest BCUT2D eigenvalue weighted by Gasteiger charge is -2.07. The molecule has 38 heavy (non-hydrogen) atoms. The Balaban J connectivity index is 0.000000170. The molecule has 1 aliphatic heterocycles. The molecule has 0 aliphatic carbocycles. The molecule has 6 rings (SSSR count). The third-order valence-corrected chi connectivity index (χ3v) is 6.39. The zero-order chi connectivity index (χ0) is 26.2. The molecule has 11 heteroatoms. The minimum atomic E-state index is -0.187. The van der Waals surface area contributed by atoms with Crippen LogP contribution in [0.1, 0.15) is 27.9 Å². The van der Waals surface area contributed by atoms with Crippen molar-refractivity contribution < 1.29 is 9.59 Å². The van der Waals surface area contributed by atoms with E-state index in [0.717, 1.165) is 22.0 Å². The van der Waals surface area contributed by atoms with Crippen LogP contribution in [0.5, 0.6) is 0 Å². The van der Waals surface area contributed by atoms with Crippen LogP contribution in [-0.2, 0) is 11.3 Å². The highest BCUT2D eigenvalue weighted by Gasteiger charge is 2.19. The van der Waals surface area contributed by atoms with Gasteiger partial charge in [-0.15, -0.1) is 10.2 Å². The van der Waals surface area contributed by atoms with Crippen molar-refractivity contribution in [1.82, 2.24) is 34.9 Å². The average Bonchev–Trinajstić information content (AvgIpc) is 3.62. The van der Waals surface area contributed by atoms with Crippen LogP contribution < -0.4 is 5.32 Å². The summed E-state index contributed by atoms with van der Waals surface area (Å²) in [5.74, 6) is 0.369. The fourth-order valence-corrected chi connectivity index (χ4v) is 4.29. The molecule has 1 N–H and O–H groups in total. The van der Waals surface area contributed by atoms with Crippen molar-refractivity contribution in [2.45, 2.75) is 19.0 Å². The van der Waals surface area contributed by atoms with Crippen molar-refractivity contribution in [2.75, 3.05) is 0 Å². The van der Waals surface area contributed by atoms with Crippen LogP contribution in [0.3, 0.4) is 0 Å². The van der Waals surface area contributed by atoms with Gasteiger partial charge in [-0.2, -0.15) is 0 Å². The van der Waals surface area contributed by atoms with Crippen LogP contribution in [0, 0.1) is 0 Å². The van der Waals surface area contributed by atoms with E-state index in [1.54, 1.807) is 53.3 Å². The number of aromatic nitrogens is 6. The van der Waals surface area contributed by atoms with Crippen LogP contribution in [0.2, 0.25) is 0 Å². The monoisotopic (exact) mass is 522 g/mol. The van der Waals surface area contributed by atoms with Crippen LogP contribution in [0.15, 0.2) is 90.8 Å². The molecule has 1 atom stereocenters. The van der Waals surface area contributed by atoms with E-state index in [9.17, 15) is 9.59 Å². The molecule has 10 nitrogen and oxygen atoms in total. The zero-order valence-electron chi connectivity index (χ0n) is 20.1. The fourth-order valence-electron chi connectivity index (χ4n) is 3.66. The molecule has 1 aromatic carbocycles. The van der Waals surface area contributed by atoms with Crippen molar-refractivity contribution in [3.05, 3.63) is 103 Å². The van der Waals surface area contributed by atoms with Gasteiger partial charge in [0.1, 0.15) is 12.4 Å². The molecule has 0 spiro atoms. The Morgan fingerprint density at radius 2 is 1.84 bits per heavy atom. The highest BCUT2D eigenvalue weighted by atomic mass is 32.2. The summed E-state index contributed by atoms with van der Waals surface area (Å²) in [5, 5.41) is 11.7. The number of carbonyl (C=O) groups excluding carboxylic acids is 2. The molecule has 1 unspecified atom stereocenters. The fraction of sp³-hybridized carbons (Fsp3) is 0.111. The quantitative estimate of drug-likeness (QED) is 0.357. The summed E-state index contributed by atoms with van der Waals surface area (Å²) in [4.78, 5) is 39.7. The minimum Gasteiger partial charge on any atom is -0.348 e. The van der Waals surface area contributed by atoms with E-state index in [-0.39, 0.29) is 17.1 Å². The molecular formula is C27H22N8O2S. The normalized spacial score (nSPS) is 14.6. The first-order valence-corrected chi connectivity index (χ1v) is 12.6. The number of hydrogen-bond acceptors (Lipinski definition) is 9. The second-order valence-corrected chi connectivity index (χ2v) is 9.05. The lowest BCUT2D eigenvalue weighted by atomic mass is 10.1. The number of nitrogens with zero attached hydrogens (tertiary/aromatic N) is 7. The third kappa shape index (κ3) is 6.13. The number of benzene rings is 1. The summed E-state index contributed by atoms with van der Waals surface area (Å²) in [6.45, 7) is 0.456. The summed E-state index contributed by atoms with van der Waals surface area (Å²) < 4.78 is 1.76. The topological polar surface area (TPSA) is 127 Å². The summed E-state index contributed by atoms with van der Waals surface area (Å²) >= 11 is 1.18. The van der Waals surface area contributed by atoms with Gasteiger partial charge in [0, 0.05) is 48.5 Å². The second kappa shape index (κ2) is 12.0. The molecule has 1 aliphatic rings. The van der Waals surface area contributed by atoms with E-state index in [1.807, 2.05) is 48.6 Å². The lowest BCUT2D eigenvalue weighted by molar-refractivity contribution is -0.111. The Bertz CT molecular complexity index is 1620. The third-order valence-electron chi connectivity index (χ3n) is 5.66. The van der Waals surface area contributed by atoms with E-state index in [4.69, 9.17) is 0 Å². The highest BCUT2D eigenvalue weighted by molar-refractivity contribution is 8.25. The van der Waals surface area contributed by atoms with Crippen LogP contribution in [-0.4, -0.2) is 52.2 Å². The zero-order valence-corrected chi connectivity index (χ0v) is 20.9. The van der Waals surface area contributed by atoms with Gasteiger partial charge < -0.3 is 5.32 Å². The van der Waals surface area contributed by atoms with Gasteiger partial charge in [-0.3, -0.25) is 29.0 Å². The summed E-state index contributed by atoms with van der Waals surface area (Å²) in [5.41, 5.74) is 5.13. The maximum atomic E-state index is 12.4. The molecule has 0 bridgehead atoms. The molecule has 1 amide bonds. The maximum Gasteiger partial charge on any atom is 0.255 e. The molecule has 0 radical (unpaired) electrons. The second-order valence-electron chi connectivity index (χ2n) is 8.20. The standard InChI is InChI=1S/C16H12N6O.C11H10N2OS/c23-15(18-8-11-3-5-17-6-4-11)12-1-2-13-9-19-16-21-20-10-22(16)14(13)7-12;14-11-10(13-8-15-11)3-1-2-9-4-6-12-7-5-9/h1-7,9-10H,8H2,(H,18,23);1-2,4-8,10H,3H2. The molecule has 4 aromatic heterocycles. The summed E-state index contributed by atoms with van der Waals surface area (Å²) in [6, 6.07) is 12.9. The van der Waals surface area contributed by atoms with E-state index in [0.29, 0.717) is 24.3 Å². The number of nitrogens with one attached hydrogen (secondary N) is 1. The average molecular weight is 523 g/mol. The van der Waals surface area contributed by atoms with Gasteiger partial charge in [0.15, 0.2) is 0 Å². The smallest absolute Gasteiger partial charge is 0.255 e. The van der Waals surface area contributed by atoms with Crippen molar-refractivity contribution >= 4 is 51.1 Å². The number of aliphatic imine (C=N–C) groups is 1. The van der Waals surface area contributed by atoms with Crippen LogP contribution in [0.25, 0.3) is 22.8 Å². The summed E-state index contributed by atoms with van der Waals surface area (Å²) in [7, 11) is 0. The number of pyridine rings is 2. The van der Waals surface area contributed by atoms with Gasteiger partial charge in [-0.25, -0.2) is 4.98 Å². The predicted octanol–water partition coefficient (Wildman–Crippen LogP) is 3.76. The van der Waals surface area contributed by atoms with E-state index >= 15 is 0 Å². The molecule has 5 aromatic rings. The van der Waals surface area contributed by atoms with Crippen molar-refractivity contribution in [3.63, 3.8) is 0 Å². The van der Waals surface area contributed by atoms with E-state index < -0.39 is 0 Å². The number of hydrogen-bond donors (Lipinski definition) is 1. The number of fused-ring (bicyclic) bond motifs is 3. The first-order chi connectivity index (χ1) is 18.7. The van der Waals surface area contributed by atoms with Gasteiger partial charge in [0.25, 0.3) is 11.7 Å². The SMILES string of the molecule is O=C(NCc1ccncc1)c1ccc2cnc3nncn3c2c1.O=C1SC=NC1CC=Cc1ccncc1. The van der Waals surface area contributed by atoms with Crippen molar-refractivity contribution in [2.24, 2.45) is 4.99 Å². The molecule has 0 saturated carbocycles. The highest BCUT2D eigenvalue weighted by Crippen LogP contribution is 2.18. The molecule has 0 saturated heterocycles. The number of rotatable bonds is 6. The van der Waals surface area contributed by atoms with E-state index in [1.165, 1.54) is 11.8 Å². The Labute approximate surface area is 222 Å². The van der Waals surface area contributed by atoms with Gasteiger partial charge in [0.05, 0.1) is 11.1 Å². The molecular weight excluding hydrogens is 500 g/mol. The molecule has 188 valence electrons. The van der Waals surface area contributed by atoms with Gasteiger partial charge >= 0.3 is 0 Å². The lowest BCUT2D eigenvalue weighted by Crippen LogP contribution is -2.22. The van der Waals surface area contributed by atoms with Crippen LogP contribution >= 0.6 is 11.8 Å². The van der Waals surface area contributed by atoms with Crippen molar-refractivity contribution in [3.8, 4) is 0 Å². The molecule has 0 fully saturated rings. The van der Waals surface area contributed by atoms with Crippen LogP contribution in [0.4, 0.5) is 0 Å². The summed E-state index contributed by atoms with van der Waals surface area (Å²) in [6.07, 6.45) is 14.8. The Morgan fingerprint density at radius 3 is 2.61 bits per heavy atom. The minimum absolute atomic E-state index is 0.134. The first-order valence-electron chi connectivity index (χ1n) is 11.7. The van der Waals surface area contributed by atoms with Gasteiger partial charge in [-0.05, 0) is 65.7 Å². The van der Waals surface area contributed by atoms with Crippen molar-refractivity contribution in [1.29, 1.82) is 0 Å².